The molecule has 0 unspecified atom stereocenters. The van der Waals surface area contributed by atoms with Gasteiger partial charge in [0.1, 0.15) is 0 Å². The van der Waals surface area contributed by atoms with Crippen molar-refractivity contribution in [2.75, 3.05) is 0 Å². The van der Waals surface area contributed by atoms with Crippen molar-refractivity contribution >= 4 is 53.0 Å². The molecule has 0 atom stereocenters. The Balaban J connectivity index is 2.06. The summed E-state index contributed by atoms with van der Waals surface area (Å²) in [5, 5.41) is 0. The van der Waals surface area contributed by atoms with Crippen LogP contribution >= 0.6 is 22.6 Å². The molecular formula is C26H30ITe+. The van der Waals surface area contributed by atoms with Gasteiger partial charge in [-0.15, -0.1) is 0 Å². The Kier molecular flexibility index (Phi) is 6.64. The van der Waals surface area contributed by atoms with Crippen molar-refractivity contribution in [3.05, 3.63) is 87.5 Å². The monoisotopic (exact) mass is 599 g/mol. The molecule has 146 valence electrons. The molecule has 0 saturated heterocycles. The molecule has 0 aromatic heterocycles. The van der Waals surface area contributed by atoms with E-state index in [9.17, 15) is 0 Å². The second-order valence-electron chi connectivity index (χ2n) is 9.31. The molecule has 0 aliphatic heterocycles. The van der Waals surface area contributed by atoms with Crippen LogP contribution in [0.15, 0.2) is 72.8 Å². The number of benzene rings is 3. The van der Waals surface area contributed by atoms with Gasteiger partial charge in [0, 0.05) is 0 Å². The molecule has 0 saturated carbocycles. The van der Waals surface area contributed by atoms with Gasteiger partial charge in [0.05, 0.1) is 0 Å². The molecular weight excluding hydrogens is 567 g/mol. The van der Waals surface area contributed by atoms with Gasteiger partial charge in [0.2, 0.25) is 0 Å². The molecule has 0 radical (unpaired) electrons. The third kappa shape index (κ3) is 5.21. The van der Waals surface area contributed by atoms with Gasteiger partial charge in [-0.3, -0.25) is 0 Å². The molecule has 2 heteroatoms. The van der Waals surface area contributed by atoms with Crippen molar-refractivity contribution < 1.29 is 0 Å². The van der Waals surface area contributed by atoms with Crippen molar-refractivity contribution in [2.45, 2.75) is 52.4 Å². The Bertz CT molecular complexity index is 851. The Morgan fingerprint density at radius 1 is 0.500 bits per heavy atom. The van der Waals surface area contributed by atoms with Crippen LogP contribution in [0.4, 0.5) is 0 Å². The van der Waals surface area contributed by atoms with E-state index < -0.39 is 19.6 Å². The molecule has 0 bridgehead atoms. The van der Waals surface area contributed by atoms with Crippen molar-refractivity contribution in [1.82, 2.24) is 0 Å². The van der Waals surface area contributed by atoms with Gasteiger partial charge in [0.25, 0.3) is 0 Å². The maximum atomic E-state index is 2.39. The van der Waals surface area contributed by atoms with Gasteiger partial charge >= 0.3 is 193 Å². The topological polar surface area (TPSA) is 0 Å². The molecule has 0 aliphatic carbocycles. The Labute approximate surface area is 191 Å². The number of hydrogen-bond acceptors (Lipinski definition) is 0. The summed E-state index contributed by atoms with van der Waals surface area (Å²) < 4.78 is 5.84. The summed E-state index contributed by atoms with van der Waals surface area (Å²) in [6.45, 7) is 13.7. The van der Waals surface area contributed by atoms with E-state index in [0.717, 1.165) is 0 Å². The summed E-state index contributed by atoms with van der Waals surface area (Å²) in [4.78, 5) is 0. The normalized spacial score (nSPS) is 12.4. The van der Waals surface area contributed by atoms with E-state index in [0.29, 0.717) is 0 Å². The molecule has 0 N–H and O–H groups in total. The van der Waals surface area contributed by atoms with Crippen LogP contribution in [-0.2, 0) is 10.8 Å². The fraction of sp³-hybridized carbons (Fsp3) is 0.308. The van der Waals surface area contributed by atoms with Crippen LogP contribution in [0, 0.1) is 3.57 Å². The summed E-state index contributed by atoms with van der Waals surface area (Å²) in [7, 11) is 0. The minimum atomic E-state index is -1.87. The molecule has 0 amide bonds. The third-order valence-electron chi connectivity index (χ3n) is 4.96. The van der Waals surface area contributed by atoms with Crippen LogP contribution in [0.25, 0.3) is 0 Å². The van der Waals surface area contributed by atoms with Gasteiger partial charge in [-0.1, -0.05) is 0 Å². The van der Waals surface area contributed by atoms with Gasteiger partial charge < -0.3 is 0 Å². The Hall–Kier alpha value is -0.820. The first-order valence-corrected chi connectivity index (χ1v) is 14.3. The molecule has 3 rings (SSSR count). The second kappa shape index (κ2) is 8.50. The number of hydrogen-bond donors (Lipinski definition) is 0. The standard InChI is InChI=1S/C26H30ITe/c1-25(2,3)19-7-13-22(14-8-19)28(24-17-11-21(27)12-18-24)23-15-9-20(10-16-23)26(4,5)6/h7-18H,1-6H3/q+1. The average Bonchev–Trinajstić information content (AvgIpc) is 2.63. The number of rotatable bonds is 3. The maximum absolute atomic E-state index is 2.39. The van der Waals surface area contributed by atoms with Crippen molar-refractivity contribution in [3.8, 4) is 0 Å². The Morgan fingerprint density at radius 2 is 0.786 bits per heavy atom. The fourth-order valence-corrected chi connectivity index (χ4v) is 9.35. The van der Waals surface area contributed by atoms with E-state index in [-0.39, 0.29) is 10.8 Å². The third-order valence-corrected chi connectivity index (χ3v) is 12.0. The molecule has 28 heavy (non-hydrogen) atoms. The summed E-state index contributed by atoms with van der Waals surface area (Å²) >= 11 is 0.524. The first-order valence-electron chi connectivity index (χ1n) is 9.77. The molecule has 3 aromatic rings. The van der Waals surface area contributed by atoms with Crippen LogP contribution in [-0.4, -0.2) is 19.6 Å². The van der Waals surface area contributed by atoms with Gasteiger partial charge in [-0.05, 0) is 0 Å². The fourth-order valence-electron chi connectivity index (χ4n) is 3.16. The number of halogens is 1. The van der Waals surface area contributed by atoms with E-state index in [1.165, 1.54) is 25.5 Å². The van der Waals surface area contributed by atoms with E-state index in [2.05, 4.69) is 137 Å². The van der Waals surface area contributed by atoms with Gasteiger partial charge in [-0.25, -0.2) is 0 Å². The average molecular weight is 597 g/mol. The zero-order valence-corrected chi connectivity index (χ0v) is 22.2. The first kappa shape index (κ1) is 21.9. The molecule has 0 spiro atoms. The van der Waals surface area contributed by atoms with Gasteiger partial charge in [-0.2, -0.15) is 0 Å². The summed E-state index contributed by atoms with van der Waals surface area (Å²) in [5.74, 6) is 0. The SMILES string of the molecule is CC(C)(C)c1ccc([Te+](c2ccc(I)cc2)c2ccc(C(C)(C)C)cc2)cc1. The summed E-state index contributed by atoms with van der Waals surface area (Å²) in [6, 6.07) is 28.0. The minimum absolute atomic E-state index is 0.191. The predicted octanol–water partition coefficient (Wildman–Crippen LogP) is 5.40. The van der Waals surface area contributed by atoms with E-state index in [4.69, 9.17) is 0 Å². The quantitative estimate of drug-likeness (QED) is 0.281. The van der Waals surface area contributed by atoms with Crippen LogP contribution < -0.4 is 10.8 Å². The molecule has 0 heterocycles. The summed E-state index contributed by atoms with van der Waals surface area (Å²) in [5.41, 5.74) is 3.19. The van der Waals surface area contributed by atoms with Gasteiger partial charge in [0.15, 0.2) is 0 Å². The summed E-state index contributed by atoms with van der Waals surface area (Å²) in [6.07, 6.45) is 0. The zero-order valence-electron chi connectivity index (χ0n) is 17.7. The first-order chi connectivity index (χ1) is 13.1. The van der Waals surface area contributed by atoms with Crippen molar-refractivity contribution in [1.29, 1.82) is 0 Å². The predicted molar refractivity (Wildman–Crippen MR) is 134 cm³/mol. The van der Waals surface area contributed by atoms with Crippen LogP contribution in [0.1, 0.15) is 52.7 Å². The molecule has 0 fully saturated rings. The van der Waals surface area contributed by atoms with Crippen LogP contribution in [0.5, 0.6) is 0 Å². The van der Waals surface area contributed by atoms with E-state index in [1.807, 2.05) is 0 Å². The van der Waals surface area contributed by atoms with Crippen molar-refractivity contribution in [2.24, 2.45) is 0 Å². The van der Waals surface area contributed by atoms with E-state index >= 15 is 0 Å². The molecule has 0 aliphatic rings. The zero-order chi connectivity index (χ0) is 20.5. The second-order valence-corrected chi connectivity index (χ2v) is 16.3. The molecule has 0 nitrogen and oxygen atoms in total. The van der Waals surface area contributed by atoms with E-state index in [1.54, 1.807) is 0 Å². The van der Waals surface area contributed by atoms with Crippen molar-refractivity contribution in [3.63, 3.8) is 0 Å². The van der Waals surface area contributed by atoms with Crippen LogP contribution in [0.3, 0.4) is 0 Å². The van der Waals surface area contributed by atoms with Crippen LogP contribution in [0.2, 0.25) is 0 Å². The Morgan fingerprint density at radius 3 is 1.07 bits per heavy atom. The molecule has 3 aromatic carbocycles.